The lowest BCUT2D eigenvalue weighted by Gasteiger charge is -2.25. The Morgan fingerprint density at radius 2 is 2.15 bits per heavy atom. The van der Waals surface area contributed by atoms with Crippen molar-refractivity contribution in [1.82, 2.24) is 5.32 Å². The molecule has 1 atom stereocenters. The number of benzene rings is 1. The zero-order valence-electron chi connectivity index (χ0n) is 11.0. The number of rotatable bonds is 5. The van der Waals surface area contributed by atoms with Gasteiger partial charge in [-0.1, -0.05) is 18.2 Å². The largest absolute Gasteiger partial charge is 0.493 e. The Kier molecular flexibility index (Phi) is 4.61. The molecular weight excluding hydrogens is 280 g/mol. The van der Waals surface area contributed by atoms with Crippen LogP contribution in [0.3, 0.4) is 0 Å². The maximum Gasteiger partial charge on any atom is 0.227 e. The van der Waals surface area contributed by atoms with Gasteiger partial charge < -0.3 is 10.1 Å². The van der Waals surface area contributed by atoms with Crippen LogP contribution < -0.4 is 15.2 Å². The highest BCUT2D eigenvalue weighted by Gasteiger charge is 2.26. The van der Waals surface area contributed by atoms with Crippen LogP contribution >= 0.6 is 0 Å². The molecule has 0 fully saturated rings. The third-order valence-electron chi connectivity index (χ3n) is 3.18. The molecule has 1 aliphatic rings. The summed E-state index contributed by atoms with van der Waals surface area (Å²) in [6.07, 6.45) is 0.938. The Morgan fingerprint density at radius 3 is 2.90 bits per heavy atom. The number of carbonyl (C=O) groups is 1. The Morgan fingerprint density at radius 1 is 1.40 bits per heavy atom. The van der Waals surface area contributed by atoms with Crippen molar-refractivity contribution in [3.8, 4) is 5.75 Å². The van der Waals surface area contributed by atoms with Gasteiger partial charge in [0.2, 0.25) is 15.9 Å². The first-order chi connectivity index (χ1) is 9.47. The molecule has 0 bridgehead atoms. The highest BCUT2D eigenvalue weighted by Crippen LogP contribution is 2.33. The molecule has 6 nitrogen and oxygen atoms in total. The third-order valence-corrected chi connectivity index (χ3v) is 4.04. The normalized spacial score (nSPS) is 17.9. The van der Waals surface area contributed by atoms with Gasteiger partial charge in [0.15, 0.2) is 0 Å². The summed E-state index contributed by atoms with van der Waals surface area (Å²) >= 11 is 0. The average Bonchev–Trinajstić information content (AvgIpc) is 2.41. The highest BCUT2D eigenvalue weighted by molar-refractivity contribution is 7.89. The van der Waals surface area contributed by atoms with Crippen molar-refractivity contribution < 1.29 is 17.9 Å². The molecule has 1 aliphatic heterocycles. The molecule has 1 amide bonds. The van der Waals surface area contributed by atoms with Crippen molar-refractivity contribution in [2.45, 2.75) is 18.8 Å². The lowest BCUT2D eigenvalue weighted by atomic mass is 9.92. The van der Waals surface area contributed by atoms with Crippen LogP contribution in [0.5, 0.6) is 5.75 Å². The standard InChI is InChI=1S/C13H18N2O4S/c14-20(17,18)9-3-7-15-13(16)11-6-8-19-12-5-2-1-4-10(11)12/h1-2,4-5,11H,3,6-9H2,(H,15,16)(H2,14,17,18). The van der Waals surface area contributed by atoms with Gasteiger partial charge in [-0.25, -0.2) is 13.6 Å². The fourth-order valence-electron chi connectivity index (χ4n) is 2.22. The topological polar surface area (TPSA) is 98.5 Å². The fourth-order valence-corrected chi connectivity index (χ4v) is 2.77. The molecule has 2 rings (SSSR count). The number of nitrogens with two attached hydrogens (primary N) is 1. The van der Waals surface area contributed by atoms with E-state index in [0.29, 0.717) is 26.0 Å². The van der Waals surface area contributed by atoms with E-state index in [0.717, 1.165) is 11.3 Å². The van der Waals surface area contributed by atoms with Crippen LogP contribution in [0.4, 0.5) is 0 Å². The minimum Gasteiger partial charge on any atom is -0.493 e. The van der Waals surface area contributed by atoms with Crippen molar-refractivity contribution >= 4 is 15.9 Å². The number of primary sulfonamides is 1. The number of hydrogen-bond donors (Lipinski definition) is 2. The molecule has 0 saturated carbocycles. The smallest absolute Gasteiger partial charge is 0.227 e. The molecule has 0 radical (unpaired) electrons. The lowest BCUT2D eigenvalue weighted by Crippen LogP contribution is -2.33. The molecule has 0 aliphatic carbocycles. The highest BCUT2D eigenvalue weighted by atomic mass is 32.2. The zero-order chi connectivity index (χ0) is 14.6. The van der Waals surface area contributed by atoms with E-state index in [1.54, 1.807) is 0 Å². The van der Waals surface area contributed by atoms with Gasteiger partial charge in [0, 0.05) is 12.1 Å². The average molecular weight is 298 g/mol. The van der Waals surface area contributed by atoms with Gasteiger partial charge in [-0.2, -0.15) is 0 Å². The number of sulfonamides is 1. The lowest BCUT2D eigenvalue weighted by molar-refractivity contribution is -0.123. The van der Waals surface area contributed by atoms with E-state index in [-0.39, 0.29) is 17.6 Å². The van der Waals surface area contributed by atoms with Crippen molar-refractivity contribution in [1.29, 1.82) is 0 Å². The maximum absolute atomic E-state index is 12.1. The molecule has 1 unspecified atom stereocenters. The van der Waals surface area contributed by atoms with Crippen LogP contribution in [0.15, 0.2) is 24.3 Å². The van der Waals surface area contributed by atoms with Gasteiger partial charge in [-0.15, -0.1) is 0 Å². The van der Waals surface area contributed by atoms with Gasteiger partial charge in [0.1, 0.15) is 5.75 Å². The van der Waals surface area contributed by atoms with Crippen LogP contribution in [0, 0.1) is 0 Å². The Hall–Kier alpha value is -1.60. The Bertz CT molecular complexity index is 586. The van der Waals surface area contributed by atoms with E-state index < -0.39 is 10.0 Å². The van der Waals surface area contributed by atoms with Crippen molar-refractivity contribution in [2.24, 2.45) is 5.14 Å². The van der Waals surface area contributed by atoms with Crippen molar-refractivity contribution in [2.75, 3.05) is 18.9 Å². The number of ether oxygens (including phenoxy) is 1. The maximum atomic E-state index is 12.1. The van der Waals surface area contributed by atoms with E-state index in [2.05, 4.69) is 5.32 Å². The number of fused-ring (bicyclic) bond motifs is 1. The van der Waals surface area contributed by atoms with E-state index in [4.69, 9.17) is 9.88 Å². The summed E-state index contributed by atoms with van der Waals surface area (Å²) in [6.45, 7) is 0.807. The van der Waals surface area contributed by atoms with Crippen molar-refractivity contribution in [3.63, 3.8) is 0 Å². The first kappa shape index (κ1) is 14.8. The van der Waals surface area contributed by atoms with E-state index in [1.165, 1.54) is 0 Å². The minimum absolute atomic E-state index is 0.102. The second-order valence-electron chi connectivity index (χ2n) is 4.74. The fraction of sp³-hybridized carbons (Fsp3) is 0.462. The summed E-state index contributed by atoms with van der Waals surface area (Å²) in [6, 6.07) is 7.46. The molecule has 0 saturated heterocycles. The molecule has 110 valence electrons. The first-order valence-corrected chi connectivity index (χ1v) is 8.19. The van der Waals surface area contributed by atoms with Crippen LogP contribution in [-0.2, 0) is 14.8 Å². The molecule has 20 heavy (non-hydrogen) atoms. The van der Waals surface area contributed by atoms with Gasteiger partial charge in [-0.05, 0) is 18.9 Å². The number of para-hydroxylation sites is 1. The Balaban J connectivity index is 1.91. The number of amides is 1. The van der Waals surface area contributed by atoms with Crippen LogP contribution in [-0.4, -0.2) is 33.2 Å². The first-order valence-electron chi connectivity index (χ1n) is 6.47. The summed E-state index contributed by atoms with van der Waals surface area (Å²) in [5, 5.41) is 7.65. The summed E-state index contributed by atoms with van der Waals surface area (Å²) < 4.78 is 27.1. The number of carbonyl (C=O) groups excluding carboxylic acids is 1. The molecule has 0 aromatic heterocycles. The molecule has 1 aromatic rings. The molecule has 1 heterocycles. The minimum atomic E-state index is -3.47. The van der Waals surface area contributed by atoms with Crippen molar-refractivity contribution in [3.05, 3.63) is 29.8 Å². The van der Waals surface area contributed by atoms with Gasteiger partial charge in [-0.3, -0.25) is 4.79 Å². The molecule has 3 N–H and O–H groups in total. The molecule has 1 aromatic carbocycles. The number of hydrogen-bond acceptors (Lipinski definition) is 4. The quantitative estimate of drug-likeness (QED) is 0.766. The molecular formula is C13H18N2O4S. The summed E-state index contributed by atoms with van der Waals surface area (Å²) in [5.74, 6) is 0.269. The van der Waals surface area contributed by atoms with E-state index in [9.17, 15) is 13.2 Å². The molecule has 7 heteroatoms. The van der Waals surface area contributed by atoms with Crippen LogP contribution in [0.2, 0.25) is 0 Å². The molecule has 0 spiro atoms. The third kappa shape index (κ3) is 3.94. The summed E-state index contributed by atoms with van der Waals surface area (Å²) in [4.78, 5) is 12.1. The van der Waals surface area contributed by atoms with Gasteiger partial charge in [0.05, 0.1) is 18.3 Å². The van der Waals surface area contributed by atoms with Gasteiger partial charge in [0.25, 0.3) is 0 Å². The predicted octanol–water partition coefficient (Wildman–Crippen LogP) is 0.348. The Labute approximate surface area is 118 Å². The zero-order valence-corrected chi connectivity index (χ0v) is 11.9. The predicted molar refractivity (Wildman–Crippen MR) is 74.9 cm³/mol. The van der Waals surface area contributed by atoms with Gasteiger partial charge >= 0.3 is 0 Å². The van der Waals surface area contributed by atoms with Crippen LogP contribution in [0.1, 0.15) is 24.3 Å². The van der Waals surface area contributed by atoms with Crippen LogP contribution in [0.25, 0.3) is 0 Å². The van der Waals surface area contributed by atoms with E-state index >= 15 is 0 Å². The SMILES string of the molecule is NS(=O)(=O)CCCNC(=O)C1CCOc2ccccc21. The number of nitrogens with one attached hydrogen (secondary N) is 1. The summed E-state index contributed by atoms with van der Waals surface area (Å²) in [5.41, 5.74) is 0.877. The summed E-state index contributed by atoms with van der Waals surface area (Å²) in [7, 11) is -3.47. The monoisotopic (exact) mass is 298 g/mol. The second-order valence-corrected chi connectivity index (χ2v) is 6.47. The second kappa shape index (κ2) is 6.23. The van der Waals surface area contributed by atoms with E-state index in [1.807, 2.05) is 24.3 Å².